The van der Waals surface area contributed by atoms with E-state index in [9.17, 15) is 0 Å². The molecule has 4 nitrogen and oxygen atoms in total. The molecule has 0 radical (unpaired) electrons. The summed E-state index contributed by atoms with van der Waals surface area (Å²) in [5, 5.41) is 3.33. The Balaban J connectivity index is 2.34. The van der Waals surface area contributed by atoms with Crippen LogP contribution in [0.3, 0.4) is 0 Å². The molecule has 2 aromatic heterocycles. The molecule has 0 fully saturated rings. The second kappa shape index (κ2) is 5.08. The Morgan fingerprint density at radius 1 is 1.18 bits per heavy atom. The fourth-order valence-corrected chi connectivity index (χ4v) is 1.81. The fraction of sp³-hybridized carbons (Fsp3) is 0.100. The van der Waals surface area contributed by atoms with Crippen molar-refractivity contribution in [1.82, 2.24) is 15.0 Å². The van der Waals surface area contributed by atoms with Crippen LogP contribution in [0.5, 0.6) is 0 Å². The predicted molar refractivity (Wildman–Crippen MR) is 71.6 cm³/mol. The highest BCUT2D eigenvalue weighted by Gasteiger charge is 2.05. The van der Waals surface area contributed by atoms with E-state index in [0.717, 1.165) is 5.69 Å². The maximum Gasteiger partial charge on any atom is 0.225 e. The van der Waals surface area contributed by atoms with Gasteiger partial charge in [-0.05, 0) is 30.7 Å². The normalized spacial score (nSPS) is 10.4. The van der Waals surface area contributed by atoms with Crippen LogP contribution in [0.25, 0.3) is 0 Å². The number of pyridine rings is 1. The zero-order valence-electron chi connectivity index (χ0n) is 8.78. The van der Waals surface area contributed by atoms with E-state index in [4.69, 9.17) is 23.2 Å². The molecule has 0 amide bonds. The molecule has 0 aromatic carbocycles. The van der Waals surface area contributed by atoms with Crippen molar-refractivity contribution in [2.24, 2.45) is 0 Å². The van der Waals surface area contributed by atoms with Gasteiger partial charge in [0.15, 0.2) is 0 Å². The van der Waals surface area contributed by atoms with E-state index >= 15 is 0 Å². The minimum Gasteiger partial charge on any atom is -0.324 e. The zero-order valence-corrected chi connectivity index (χ0v) is 11.2. The molecule has 1 N–H and O–H groups in total. The molecule has 0 aliphatic heterocycles. The van der Waals surface area contributed by atoms with Crippen molar-refractivity contribution in [3.05, 3.63) is 34.3 Å². The molecule has 2 rings (SSSR count). The Morgan fingerprint density at radius 3 is 2.65 bits per heavy atom. The summed E-state index contributed by atoms with van der Waals surface area (Å²) < 4.78 is 0. The lowest BCUT2D eigenvalue weighted by molar-refractivity contribution is 1.12. The quantitative estimate of drug-likeness (QED) is 0.504. The van der Waals surface area contributed by atoms with Crippen LogP contribution in [0, 0.1) is 6.92 Å². The Bertz CT molecular complexity index is 542. The van der Waals surface area contributed by atoms with E-state index in [0.29, 0.717) is 16.5 Å². The molecule has 0 saturated carbocycles. The van der Waals surface area contributed by atoms with E-state index in [-0.39, 0.29) is 10.4 Å². The first kappa shape index (κ1) is 12.4. The lowest BCUT2D eigenvalue weighted by atomic mass is 10.3. The van der Waals surface area contributed by atoms with Crippen LogP contribution in [0.1, 0.15) is 5.69 Å². The maximum absolute atomic E-state index is 5.77. The molecule has 0 aliphatic rings. The van der Waals surface area contributed by atoms with Crippen molar-refractivity contribution in [2.45, 2.75) is 11.8 Å². The number of rotatable bonds is 2. The summed E-state index contributed by atoms with van der Waals surface area (Å²) >= 11 is 15.8. The molecule has 0 unspecified atom stereocenters. The van der Waals surface area contributed by atoms with E-state index in [1.165, 1.54) is 0 Å². The third-order valence-electron chi connectivity index (χ3n) is 1.93. The van der Waals surface area contributed by atoms with Gasteiger partial charge in [0, 0.05) is 16.7 Å². The Hall–Kier alpha value is -1.04. The molecular weight excluding hydrogens is 279 g/mol. The number of thiol groups is 1. The summed E-state index contributed by atoms with van der Waals surface area (Å²) in [6.07, 6.45) is 0. The lowest BCUT2D eigenvalue weighted by Gasteiger charge is -2.08. The lowest BCUT2D eigenvalue weighted by Crippen LogP contribution is -1.99. The van der Waals surface area contributed by atoms with Gasteiger partial charge in [-0.2, -0.15) is 0 Å². The SMILES string of the molecule is Cc1ccc(S)c(Nc2cc(Cl)nc(Cl)n2)n1. The smallest absolute Gasteiger partial charge is 0.225 e. The van der Waals surface area contributed by atoms with Gasteiger partial charge in [0.05, 0.1) is 0 Å². The Labute approximate surface area is 114 Å². The van der Waals surface area contributed by atoms with Crippen LogP contribution in [0.4, 0.5) is 11.6 Å². The molecule has 0 saturated heterocycles. The monoisotopic (exact) mass is 286 g/mol. The molecule has 0 bridgehead atoms. The third kappa shape index (κ3) is 3.21. The highest BCUT2D eigenvalue weighted by Crippen LogP contribution is 2.23. The Kier molecular flexibility index (Phi) is 3.71. The van der Waals surface area contributed by atoms with E-state index in [1.807, 2.05) is 19.1 Å². The second-order valence-electron chi connectivity index (χ2n) is 3.29. The standard InChI is InChI=1S/C10H8Cl2N4S/c1-5-2-3-6(17)9(13-5)15-8-4-7(11)14-10(12)16-8/h2-4,17H,1H3,(H,13,14,15,16). The molecule has 88 valence electrons. The van der Waals surface area contributed by atoms with Gasteiger partial charge < -0.3 is 5.32 Å². The third-order valence-corrected chi connectivity index (χ3v) is 2.65. The predicted octanol–water partition coefficient (Wildman–Crippen LogP) is 3.52. The van der Waals surface area contributed by atoms with Crippen LogP contribution in [0.15, 0.2) is 23.1 Å². The topological polar surface area (TPSA) is 50.7 Å². The van der Waals surface area contributed by atoms with Gasteiger partial charge in [0.1, 0.15) is 16.8 Å². The Morgan fingerprint density at radius 2 is 1.94 bits per heavy atom. The first-order chi connectivity index (χ1) is 8.04. The van der Waals surface area contributed by atoms with Crippen molar-refractivity contribution in [3.8, 4) is 0 Å². The minimum atomic E-state index is 0.0772. The largest absolute Gasteiger partial charge is 0.324 e. The van der Waals surface area contributed by atoms with Crippen LogP contribution >= 0.6 is 35.8 Å². The fourth-order valence-electron chi connectivity index (χ4n) is 1.22. The maximum atomic E-state index is 5.77. The molecule has 17 heavy (non-hydrogen) atoms. The molecule has 0 spiro atoms. The number of hydrogen-bond acceptors (Lipinski definition) is 5. The number of anilines is 2. The van der Waals surface area contributed by atoms with E-state index < -0.39 is 0 Å². The summed E-state index contributed by atoms with van der Waals surface area (Å²) in [6.45, 7) is 1.89. The number of nitrogens with one attached hydrogen (secondary N) is 1. The van der Waals surface area contributed by atoms with Gasteiger partial charge in [-0.1, -0.05) is 11.6 Å². The highest BCUT2D eigenvalue weighted by atomic mass is 35.5. The second-order valence-corrected chi connectivity index (χ2v) is 4.50. The zero-order chi connectivity index (χ0) is 12.4. The summed E-state index contributed by atoms with van der Waals surface area (Å²) in [7, 11) is 0. The molecule has 2 heterocycles. The van der Waals surface area contributed by atoms with Gasteiger partial charge in [0.2, 0.25) is 5.28 Å². The van der Waals surface area contributed by atoms with Gasteiger partial charge >= 0.3 is 0 Å². The van der Waals surface area contributed by atoms with Crippen molar-refractivity contribution in [2.75, 3.05) is 5.32 Å². The average molecular weight is 287 g/mol. The van der Waals surface area contributed by atoms with Crippen molar-refractivity contribution >= 4 is 47.5 Å². The first-order valence-corrected chi connectivity index (χ1v) is 5.88. The van der Waals surface area contributed by atoms with E-state index in [2.05, 4.69) is 32.9 Å². The molecule has 7 heteroatoms. The summed E-state index contributed by atoms with van der Waals surface area (Å²) in [5.74, 6) is 1.07. The van der Waals surface area contributed by atoms with Crippen LogP contribution in [0.2, 0.25) is 10.4 Å². The van der Waals surface area contributed by atoms with Crippen LogP contribution < -0.4 is 5.32 Å². The van der Waals surface area contributed by atoms with Gasteiger partial charge in [-0.15, -0.1) is 12.6 Å². The summed E-state index contributed by atoms with van der Waals surface area (Å²) in [5.41, 5.74) is 0.872. The number of aromatic nitrogens is 3. The van der Waals surface area contributed by atoms with Gasteiger partial charge in [0.25, 0.3) is 0 Å². The number of halogens is 2. The van der Waals surface area contributed by atoms with Gasteiger partial charge in [-0.3, -0.25) is 0 Å². The molecular formula is C10H8Cl2N4S. The van der Waals surface area contributed by atoms with Crippen molar-refractivity contribution in [1.29, 1.82) is 0 Å². The molecule has 0 atom stereocenters. The van der Waals surface area contributed by atoms with Crippen LogP contribution in [-0.2, 0) is 0 Å². The van der Waals surface area contributed by atoms with E-state index in [1.54, 1.807) is 6.07 Å². The van der Waals surface area contributed by atoms with Crippen molar-refractivity contribution < 1.29 is 0 Å². The van der Waals surface area contributed by atoms with Gasteiger partial charge in [-0.25, -0.2) is 15.0 Å². The number of hydrogen-bond donors (Lipinski definition) is 2. The van der Waals surface area contributed by atoms with Crippen LogP contribution in [-0.4, -0.2) is 15.0 Å². The number of aryl methyl sites for hydroxylation is 1. The highest BCUT2D eigenvalue weighted by molar-refractivity contribution is 7.80. The number of nitrogens with zero attached hydrogens (tertiary/aromatic N) is 3. The van der Waals surface area contributed by atoms with Crippen molar-refractivity contribution in [3.63, 3.8) is 0 Å². The summed E-state index contributed by atoms with van der Waals surface area (Å²) in [6, 6.07) is 5.27. The molecule has 0 aliphatic carbocycles. The molecule has 2 aromatic rings. The average Bonchev–Trinajstić information content (AvgIpc) is 2.22. The summed E-state index contributed by atoms with van der Waals surface area (Å²) in [4.78, 5) is 12.7. The minimum absolute atomic E-state index is 0.0772. The first-order valence-electron chi connectivity index (χ1n) is 4.68.